The minimum absolute atomic E-state index is 0.0613. The molecule has 2 aromatic carbocycles. The first-order valence-electron chi connectivity index (χ1n) is 8.56. The average molecular weight is 442 g/mol. The number of hydrogen-bond acceptors (Lipinski definition) is 5. The molecular weight excluding hydrogens is 426 g/mol. The molecule has 0 fully saturated rings. The molecule has 3 aromatic rings. The fourth-order valence-corrected chi connectivity index (χ4v) is 3.35. The van der Waals surface area contributed by atoms with Crippen LogP contribution in [0.4, 0.5) is 5.69 Å². The van der Waals surface area contributed by atoms with Crippen LogP contribution in [0, 0.1) is 0 Å². The lowest BCUT2D eigenvalue weighted by Crippen LogP contribution is -2.22. The van der Waals surface area contributed by atoms with Crippen LogP contribution in [0.5, 0.6) is 5.75 Å². The van der Waals surface area contributed by atoms with E-state index in [9.17, 15) is 9.59 Å². The van der Waals surface area contributed by atoms with E-state index in [0.29, 0.717) is 23.6 Å². The largest absolute Gasteiger partial charge is 0.485 e. The minimum Gasteiger partial charge on any atom is -0.485 e. The van der Waals surface area contributed by atoms with Gasteiger partial charge in [-0.15, -0.1) is 0 Å². The Morgan fingerprint density at radius 2 is 1.93 bits per heavy atom. The van der Waals surface area contributed by atoms with Crippen molar-refractivity contribution in [2.75, 3.05) is 12.0 Å². The Labute approximate surface area is 169 Å². The molecule has 4 rings (SSSR count). The van der Waals surface area contributed by atoms with Gasteiger partial charge in [-0.05, 0) is 48.5 Å². The van der Waals surface area contributed by atoms with Crippen LogP contribution in [0.15, 0.2) is 63.5 Å². The molecule has 0 saturated heterocycles. The van der Waals surface area contributed by atoms with Crippen LogP contribution in [0.25, 0.3) is 0 Å². The molecule has 1 aliphatic heterocycles. The molecule has 1 aliphatic rings. The first kappa shape index (κ1) is 18.3. The highest BCUT2D eigenvalue weighted by Gasteiger charge is 2.31. The summed E-state index contributed by atoms with van der Waals surface area (Å²) in [6.07, 6.45) is 0. The van der Waals surface area contributed by atoms with Gasteiger partial charge in [0.15, 0.2) is 0 Å². The number of amides is 1. The predicted molar refractivity (Wildman–Crippen MR) is 105 cm³/mol. The fourth-order valence-electron chi connectivity index (χ4n) is 3.08. The maximum absolute atomic E-state index is 12.8. The van der Waals surface area contributed by atoms with Crippen molar-refractivity contribution in [3.05, 3.63) is 81.7 Å². The third kappa shape index (κ3) is 3.41. The smallest absolute Gasteiger partial charge is 0.373 e. The van der Waals surface area contributed by atoms with Crippen LogP contribution in [-0.4, -0.2) is 19.0 Å². The number of fused-ring (bicyclic) bond motifs is 1. The molecule has 1 aromatic heterocycles. The molecule has 0 spiro atoms. The number of nitrogens with zero attached hydrogens (tertiary/aromatic N) is 1. The van der Waals surface area contributed by atoms with Crippen LogP contribution >= 0.6 is 15.9 Å². The lowest BCUT2D eigenvalue weighted by atomic mass is 10.1. The third-order valence-corrected chi connectivity index (χ3v) is 5.01. The summed E-state index contributed by atoms with van der Waals surface area (Å²) in [5.74, 6) is 0.626. The number of anilines is 1. The number of ether oxygens (including phenoxy) is 2. The van der Waals surface area contributed by atoms with Crippen LogP contribution in [0.1, 0.15) is 32.2 Å². The van der Waals surface area contributed by atoms with Gasteiger partial charge in [0, 0.05) is 21.3 Å². The van der Waals surface area contributed by atoms with E-state index in [1.807, 2.05) is 30.3 Å². The monoisotopic (exact) mass is 441 g/mol. The van der Waals surface area contributed by atoms with Gasteiger partial charge in [0.1, 0.15) is 18.1 Å². The minimum atomic E-state index is -0.539. The number of rotatable bonds is 5. The van der Waals surface area contributed by atoms with Crippen molar-refractivity contribution in [2.45, 2.75) is 13.2 Å². The lowest BCUT2D eigenvalue weighted by Gasteiger charge is -2.16. The van der Waals surface area contributed by atoms with Gasteiger partial charge in [0.2, 0.25) is 5.76 Å². The molecular formula is C21H16BrNO5. The number of benzene rings is 2. The highest BCUT2D eigenvalue weighted by atomic mass is 79.9. The Morgan fingerprint density at radius 3 is 2.68 bits per heavy atom. The maximum atomic E-state index is 12.8. The van der Waals surface area contributed by atoms with E-state index in [1.165, 1.54) is 7.11 Å². The standard InChI is InChI=1S/C21H16BrNO5/c1-26-21(25)19-10-9-15(28-19)12-27-18-4-2-3-16-17(18)11-23(20(16)24)14-7-5-13(22)6-8-14/h2-10H,11-12H2,1H3. The average Bonchev–Trinajstić information content (AvgIpc) is 3.32. The van der Waals surface area contributed by atoms with Gasteiger partial charge in [-0.3, -0.25) is 4.79 Å². The summed E-state index contributed by atoms with van der Waals surface area (Å²) in [6.45, 7) is 0.567. The second kappa shape index (κ2) is 7.52. The Bertz CT molecular complexity index is 1040. The number of carbonyl (C=O) groups excluding carboxylic acids is 2. The van der Waals surface area contributed by atoms with E-state index in [2.05, 4.69) is 20.7 Å². The number of furan rings is 1. The Morgan fingerprint density at radius 1 is 1.14 bits per heavy atom. The molecule has 0 aliphatic carbocycles. The van der Waals surface area contributed by atoms with E-state index in [4.69, 9.17) is 9.15 Å². The van der Waals surface area contributed by atoms with E-state index < -0.39 is 5.97 Å². The Balaban J connectivity index is 1.53. The summed E-state index contributed by atoms with van der Waals surface area (Å²) >= 11 is 3.41. The molecule has 2 heterocycles. The molecule has 142 valence electrons. The molecule has 28 heavy (non-hydrogen) atoms. The van der Waals surface area contributed by atoms with E-state index >= 15 is 0 Å². The van der Waals surface area contributed by atoms with Crippen LogP contribution in [-0.2, 0) is 17.9 Å². The Hall–Kier alpha value is -3.06. The van der Waals surface area contributed by atoms with Gasteiger partial charge in [0.25, 0.3) is 5.91 Å². The van der Waals surface area contributed by atoms with E-state index in [-0.39, 0.29) is 18.3 Å². The molecule has 0 bridgehead atoms. The molecule has 6 nitrogen and oxygen atoms in total. The number of halogens is 1. The van der Waals surface area contributed by atoms with Gasteiger partial charge < -0.3 is 18.8 Å². The van der Waals surface area contributed by atoms with Crippen molar-refractivity contribution in [1.29, 1.82) is 0 Å². The molecule has 0 unspecified atom stereocenters. The van der Waals surface area contributed by atoms with Gasteiger partial charge >= 0.3 is 5.97 Å². The summed E-state index contributed by atoms with van der Waals surface area (Å²) in [5.41, 5.74) is 2.27. The predicted octanol–water partition coefficient (Wildman–Crippen LogP) is 4.57. The summed E-state index contributed by atoms with van der Waals surface area (Å²) in [7, 11) is 1.29. The Kier molecular flexibility index (Phi) is 4.92. The quantitative estimate of drug-likeness (QED) is 0.542. The highest BCUT2D eigenvalue weighted by Crippen LogP contribution is 2.34. The van der Waals surface area contributed by atoms with E-state index in [0.717, 1.165) is 15.7 Å². The maximum Gasteiger partial charge on any atom is 0.373 e. The van der Waals surface area contributed by atoms with Crippen LogP contribution in [0.3, 0.4) is 0 Å². The molecule has 0 radical (unpaired) electrons. The number of esters is 1. The number of methoxy groups -OCH3 is 1. The molecule has 1 amide bonds. The lowest BCUT2D eigenvalue weighted by molar-refractivity contribution is 0.0560. The number of carbonyl (C=O) groups is 2. The molecule has 7 heteroatoms. The second-order valence-electron chi connectivity index (χ2n) is 6.20. The summed E-state index contributed by atoms with van der Waals surface area (Å²) < 4.78 is 16.9. The molecule has 0 saturated carbocycles. The van der Waals surface area contributed by atoms with Gasteiger partial charge in [-0.25, -0.2) is 4.79 Å². The first-order chi connectivity index (χ1) is 13.6. The second-order valence-corrected chi connectivity index (χ2v) is 7.11. The van der Waals surface area contributed by atoms with Crippen LogP contribution < -0.4 is 9.64 Å². The van der Waals surface area contributed by atoms with E-state index in [1.54, 1.807) is 29.2 Å². The number of hydrogen-bond donors (Lipinski definition) is 0. The zero-order valence-electron chi connectivity index (χ0n) is 15.0. The fraction of sp³-hybridized carbons (Fsp3) is 0.143. The normalized spacial score (nSPS) is 12.8. The third-order valence-electron chi connectivity index (χ3n) is 4.48. The van der Waals surface area contributed by atoms with Crippen molar-refractivity contribution >= 4 is 33.5 Å². The summed E-state index contributed by atoms with van der Waals surface area (Å²) in [5, 5.41) is 0. The molecule has 0 atom stereocenters. The van der Waals surface area contributed by atoms with Gasteiger partial charge in [-0.1, -0.05) is 22.0 Å². The van der Waals surface area contributed by atoms with Crippen molar-refractivity contribution < 1.29 is 23.5 Å². The van der Waals surface area contributed by atoms with Crippen LogP contribution in [0.2, 0.25) is 0 Å². The van der Waals surface area contributed by atoms with Crippen molar-refractivity contribution in [2.24, 2.45) is 0 Å². The topological polar surface area (TPSA) is 69.0 Å². The van der Waals surface area contributed by atoms with Gasteiger partial charge in [0.05, 0.1) is 13.7 Å². The summed E-state index contributed by atoms with van der Waals surface area (Å²) in [6, 6.07) is 16.2. The first-order valence-corrected chi connectivity index (χ1v) is 9.35. The summed E-state index contributed by atoms with van der Waals surface area (Å²) in [4.78, 5) is 26.0. The zero-order chi connectivity index (χ0) is 19.7. The zero-order valence-corrected chi connectivity index (χ0v) is 16.6. The van der Waals surface area contributed by atoms with Crippen molar-refractivity contribution in [1.82, 2.24) is 0 Å². The van der Waals surface area contributed by atoms with Gasteiger partial charge in [-0.2, -0.15) is 0 Å². The van der Waals surface area contributed by atoms with Crippen molar-refractivity contribution in [3.63, 3.8) is 0 Å². The highest BCUT2D eigenvalue weighted by molar-refractivity contribution is 9.10. The molecule has 0 N–H and O–H groups in total. The SMILES string of the molecule is COC(=O)c1ccc(COc2cccc3c2CN(c2ccc(Br)cc2)C3=O)o1. The van der Waals surface area contributed by atoms with Crippen molar-refractivity contribution in [3.8, 4) is 5.75 Å².